The summed E-state index contributed by atoms with van der Waals surface area (Å²) >= 11 is 0. The van der Waals surface area contributed by atoms with Crippen LogP contribution in [0.2, 0.25) is 0 Å². The monoisotopic (exact) mass is 356 g/mol. The van der Waals surface area contributed by atoms with E-state index in [0.29, 0.717) is 30.8 Å². The van der Waals surface area contributed by atoms with Crippen molar-refractivity contribution in [2.24, 2.45) is 11.1 Å². The number of aromatic nitrogens is 2. The van der Waals surface area contributed by atoms with E-state index in [0.717, 1.165) is 5.56 Å². The number of ether oxygens (including phenoxy) is 2. The molecule has 1 aliphatic carbocycles. The van der Waals surface area contributed by atoms with Gasteiger partial charge in [-0.1, -0.05) is 13.8 Å². The summed E-state index contributed by atoms with van der Waals surface area (Å²) in [5.74, 6) is 0.0766. The molecule has 3 rings (SSSR count). The van der Waals surface area contributed by atoms with E-state index >= 15 is 0 Å². The summed E-state index contributed by atoms with van der Waals surface area (Å²) in [7, 11) is 0. The molecule has 0 spiro atoms. The second kappa shape index (κ2) is 6.61. The zero-order chi connectivity index (χ0) is 19.1. The fraction of sp³-hybridized carbons (Fsp3) is 0.526. The van der Waals surface area contributed by atoms with Crippen molar-refractivity contribution < 1.29 is 14.3 Å². The maximum absolute atomic E-state index is 12.9. The normalized spacial score (nSPS) is 23.3. The van der Waals surface area contributed by atoms with Crippen molar-refractivity contribution in [3.63, 3.8) is 0 Å². The molecule has 2 heterocycles. The second-order valence-corrected chi connectivity index (χ2v) is 7.51. The highest BCUT2D eigenvalue weighted by molar-refractivity contribution is 6.00. The number of hydrogen-bond donors (Lipinski definition) is 1. The van der Waals surface area contributed by atoms with Gasteiger partial charge in [0.1, 0.15) is 23.6 Å². The van der Waals surface area contributed by atoms with E-state index in [9.17, 15) is 10.1 Å². The minimum Gasteiger partial charge on any atom is -0.444 e. The van der Waals surface area contributed by atoms with Gasteiger partial charge in [-0.15, -0.1) is 0 Å². The van der Waals surface area contributed by atoms with Crippen molar-refractivity contribution >= 4 is 5.78 Å². The van der Waals surface area contributed by atoms with Gasteiger partial charge >= 0.3 is 0 Å². The Morgan fingerprint density at radius 1 is 1.54 bits per heavy atom. The third kappa shape index (κ3) is 3.13. The predicted molar refractivity (Wildman–Crippen MR) is 94.3 cm³/mol. The van der Waals surface area contributed by atoms with Gasteiger partial charge < -0.3 is 15.2 Å². The zero-order valence-corrected chi connectivity index (χ0v) is 15.6. The zero-order valence-electron chi connectivity index (χ0n) is 15.6. The van der Waals surface area contributed by atoms with Crippen molar-refractivity contribution in [3.05, 3.63) is 40.7 Å². The highest BCUT2D eigenvalue weighted by atomic mass is 16.5. The van der Waals surface area contributed by atoms with Crippen LogP contribution in [-0.2, 0) is 14.3 Å². The van der Waals surface area contributed by atoms with Crippen LogP contribution in [0.25, 0.3) is 0 Å². The van der Waals surface area contributed by atoms with Gasteiger partial charge in [0.25, 0.3) is 0 Å². The van der Waals surface area contributed by atoms with Gasteiger partial charge in [0.05, 0.1) is 12.1 Å². The summed E-state index contributed by atoms with van der Waals surface area (Å²) in [5, 5.41) is 14.0. The van der Waals surface area contributed by atoms with Crippen LogP contribution in [0.5, 0.6) is 0 Å². The molecule has 1 aliphatic heterocycles. The highest BCUT2D eigenvalue weighted by Gasteiger charge is 2.43. The van der Waals surface area contributed by atoms with Crippen LogP contribution in [0.1, 0.15) is 58.2 Å². The van der Waals surface area contributed by atoms with Crippen LogP contribution in [0.3, 0.4) is 0 Å². The summed E-state index contributed by atoms with van der Waals surface area (Å²) in [6, 6.07) is 2.12. The standard InChI is InChI=1S/C19H24N4O3/c1-5-25-11(2)23-10-12(9-22-23)16-13(8-20)18(21)26-15-7-19(3,4)6-14(24)17(15)16/h9-11,16H,5-7,21H2,1-4H3/t11-,16-/m0/s1. The third-order valence-corrected chi connectivity index (χ3v) is 4.81. The highest BCUT2D eigenvalue weighted by Crippen LogP contribution is 2.47. The Bertz CT molecular complexity index is 841. The second-order valence-electron chi connectivity index (χ2n) is 7.51. The molecule has 0 bridgehead atoms. The molecule has 0 saturated heterocycles. The number of nitrogens with two attached hydrogens (primary N) is 1. The lowest BCUT2D eigenvalue weighted by Crippen LogP contribution is -2.33. The van der Waals surface area contributed by atoms with E-state index in [2.05, 4.69) is 11.2 Å². The molecule has 0 fully saturated rings. The number of carbonyl (C=O) groups is 1. The molecular weight excluding hydrogens is 332 g/mol. The van der Waals surface area contributed by atoms with Gasteiger partial charge in [-0.3, -0.25) is 4.79 Å². The predicted octanol–water partition coefficient (Wildman–Crippen LogP) is 2.89. The molecule has 26 heavy (non-hydrogen) atoms. The van der Waals surface area contributed by atoms with Crippen molar-refractivity contribution in [1.82, 2.24) is 9.78 Å². The molecular formula is C19H24N4O3. The topological polar surface area (TPSA) is 103 Å². The number of ketones is 1. The largest absolute Gasteiger partial charge is 0.444 e. The summed E-state index contributed by atoms with van der Waals surface area (Å²) in [5.41, 5.74) is 7.33. The van der Waals surface area contributed by atoms with Crippen LogP contribution in [-0.4, -0.2) is 22.2 Å². The Labute approximate surface area is 153 Å². The Morgan fingerprint density at radius 3 is 2.92 bits per heavy atom. The molecule has 0 aromatic carbocycles. The SMILES string of the molecule is CCO[C@@H](C)n1cc([C@H]2C(C#N)=C(N)OC3=C2C(=O)CC(C)(C)C3)cn1. The van der Waals surface area contributed by atoms with Crippen LogP contribution in [0.15, 0.2) is 35.2 Å². The minimum atomic E-state index is -0.546. The Hall–Kier alpha value is -2.59. The van der Waals surface area contributed by atoms with E-state index in [4.69, 9.17) is 15.2 Å². The number of carbonyl (C=O) groups excluding carboxylic acids is 1. The molecule has 0 saturated carbocycles. The maximum atomic E-state index is 12.9. The van der Waals surface area contributed by atoms with Gasteiger partial charge in [-0.05, 0) is 19.3 Å². The summed E-state index contributed by atoms with van der Waals surface area (Å²) < 4.78 is 12.9. The van der Waals surface area contributed by atoms with E-state index in [1.165, 1.54) is 0 Å². The molecule has 2 aliphatic rings. The van der Waals surface area contributed by atoms with Gasteiger partial charge in [-0.2, -0.15) is 10.4 Å². The first-order valence-electron chi connectivity index (χ1n) is 8.77. The molecule has 138 valence electrons. The lowest BCUT2D eigenvalue weighted by molar-refractivity contribution is -0.119. The van der Waals surface area contributed by atoms with Gasteiger partial charge in [0.15, 0.2) is 5.78 Å². The van der Waals surface area contributed by atoms with Crippen LogP contribution < -0.4 is 5.73 Å². The molecule has 0 unspecified atom stereocenters. The fourth-order valence-electron chi connectivity index (χ4n) is 3.64. The molecule has 2 atom stereocenters. The lowest BCUT2D eigenvalue weighted by atomic mass is 9.70. The van der Waals surface area contributed by atoms with E-state index in [1.54, 1.807) is 17.1 Å². The quantitative estimate of drug-likeness (QED) is 0.890. The molecule has 7 nitrogen and oxygen atoms in total. The average molecular weight is 356 g/mol. The lowest BCUT2D eigenvalue weighted by Gasteiger charge is -2.36. The summed E-state index contributed by atoms with van der Waals surface area (Å²) in [6.07, 6.45) is 4.24. The number of nitriles is 1. The Morgan fingerprint density at radius 2 is 2.27 bits per heavy atom. The van der Waals surface area contributed by atoms with Crippen molar-refractivity contribution in [3.8, 4) is 6.07 Å². The molecule has 0 radical (unpaired) electrons. The van der Waals surface area contributed by atoms with Gasteiger partial charge in [-0.25, -0.2) is 4.68 Å². The van der Waals surface area contributed by atoms with Crippen molar-refractivity contribution in [2.75, 3.05) is 6.61 Å². The van der Waals surface area contributed by atoms with E-state index in [1.807, 2.05) is 27.7 Å². The maximum Gasteiger partial charge on any atom is 0.205 e. The summed E-state index contributed by atoms with van der Waals surface area (Å²) in [6.45, 7) is 8.41. The number of rotatable bonds is 4. The van der Waals surface area contributed by atoms with Gasteiger partial charge in [0.2, 0.25) is 5.88 Å². The van der Waals surface area contributed by atoms with E-state index < -0.39 is 5.92 Å². The smallest absolute Gasteiger partial charge is 0.205 e. The molecule has 1 aromatic heterocycles. The first-order valence-corrected chi connectivity index (χ1v) is 8.77. The number of allylic oxidation sites excluding steroid dienone is 3. The van der Waals surface area contributed by atoms with Gasteiger partial charge in [0, 0.05) is 36.8 Å². The first-order chi connectivity index (χ1) is 12.3. The van der Waals surface area contributed by atoms with Crippen LogP contribution in [0.4, 0.5) is 0 Å². The molecule has 2 N–H and O–H groups in total. The average Bonchev–Trinajstić information content (AvgIpc) is 3.02. The number of nitrogens with zero attached hydrogens (tertiary/aromatic N) is 3. The van der Waals surface area contributed by atoms with Crippen LogP contribution >= 0.6 is 0 Å². The Kier molecular flexibility index (Phi) is 4.63. The fourth-order valence-corrected chi connectivity index (χ4v) is 3.64. The number of Topliss-reactive ketones (excluding diaryl/α,β-unsaturated/α-hetero) is 1. The Balaban J connectivity index is 2.07. The van der Waals surface area contributed by atoms with Crippen LogP contribution in [0, 0.1) is 16.7 Å². The van der Waals surface area contributed by atoms with Crippen molar-refractivity contribution in [2.45, 2.75) is 52.7 Å². The number of hydrogen-bond acceptors (Lipinski definition) is 6. The van der Waals surface area contributed by atoms with E-state index in [-0.39, 0.29) is 28.9 Å². The molecule has 1 aromatic rings. The first kappa shape index (κ1) is 18.2. The third-order valence-electron chi connectivity index (χ3n) is 4.81. The molecule has 7 heteroatoms. The minimum absolute atomic E-state index is 0.00731. The summed E-state index contributed by atoms with van der Waals surface area (Å²) in [4.78, 5) is 12.9. The van der Waals surface area contributed by atoms with Crippen molar-refractivity contribution in [1.29, 1.82) is 5.26 Å². The molecule has 0 amide bonds.